The van der Waals surface area contributed by atoms with Gasteiger partial charge in [-0.25, -0.2) is 4.79 Å². The monoisotopic (exact) mass is 377 g/mol. The van der Waals surface area contributed by atoms with Crippen LogP contribution in [0.3, 0.4) is 0 Å². The average molecular weight is 377 g/mol. The van der Waals surface area contributed by atoms with E-state index in [2.05, 4.69) is 18.5 Å². The molecule has 2 aromatic carbocycles. The molecule has 0 spiro atoms. The molecule has 0 saturated carbocycles. The number of nitrogens with one attached hydrogen (secondary N) is 1. The van der Waals surface area contributed by atoms with Crippen molar-refractivity contribution < 1.29 is 14.4 Å². The minimum atomic E-state index is -1.22. The Kier molecular flexibility index (Phi) is 5.31. The second-order valence-corrected chi connectivity index (χ2v) is 6.88. The van der Waals surface area contributed by atoms with Gasteiger partial charge in [0.1, 0.15) is 12.1 Å². The number of rotatable bonds is 7. The quantitative estimate of drug-likeness (QED) is 0.596. The molecule has 1 aliphatic rings. The maximum atomic E-state index is 13.1. The number of nitrogens with zero attached hydrogens (tertiary/aromatic N) is 2. The van der Waals surface area contributed by atoms with Gasteiger partial charge in [0, 0.05) is 13.1 Å². The number of imide groups is 1. The highest BCUT2D eigenvalue weighted by molar-refractivity contribution is 6.09. The van der Waals surface area contributed by atoms with Crippen LogP contribution >= 0.6 is 0 Å². The van der Waals surface area contributed by atoms with Crippen molar-refractivity contribution in [3.8, 4) is 0 Å². The number of fused-ring (bicyclic) bond motifs is 1. The van der Waals surface area contributed by atoms with Crippen LogP contribution in [0, 0.1) is 0 Å². The number of carbonyl (C=O) groups is 3. The maximum absolute atomic E-state index is 13.1. The van der Waals surface area contributed by atoms with E-state index in [1.807, 2.05) is 42.5 Å². The van der Waals surface area contributed by atoms with Crippen LogP contribution < -0.4 is 5.32 Å². The van der Waals surface area contributed by atoms with E-state index in [1.54, 1.807) is 19.1 Å². The standard InChI is InChI=1S/C22H23N3O3/c1-4-12-24(13-5-2)19(26)15-25-20(27)22(3,23-21(25)28)18-11-10-16-8-6-7-9-17(16)14-18/h4-11,14H,1-2,12-13,15H2,3H3,(H,23,28). The van der Waals surface area contributed by atoms with Crippen molar-refractivity contribution >= 4 is 28.6 Å². The van der Waals surface area contributed by atoms with E-state index in [-0.39, 0.29) is 12.5 Å². The normalized spacial score (nSPS) is 18.8. The van der Waals surface area contributed by atoms with Crippen LogP contribution in [0.4, 0.5) is 4.79 Å². The summed E-state index contributed by atoms with van der Waals surface area (Å²) >= 11 is 0. The number of carbonyl (C=O) groups excluding carboxylic acids is 3. The summed E-state index contributed by atoms with van der Waals surface area (Å²) < 4.78 is 0. The van der Waals surface area contributed by atoms with Crippen LogP contribution in [0.25, 0.3) is 10.8 Å². The SMILES string of the molecule is C=CCN(CC=C)C(=O)CN1C(=O)NC(C)(c2ccc3ccccc3c2)C1=O. The molecule has 6 heteroatoms. The van der Waals surface area contributed by atoms with Gasteiger partial charge in [-0.2, -0.15) is 0 Å². The fraction of sp³-hybridized carbons (Fsp3) is 0.227. The zero-order chi connectivity index (χ0) is 20.3. The second kappa shape index (κ2) is 7.68. The lowest BCUT2D eigenvalue weighted by Crippen LogP contribution is -2.44. The van der Waals surface area contributed by atoms with Crippen LogP contribution in [0.2, 0.25) is 0 Å². The van der Waals surface area contributed by atoms with Crippen molar-refractivity contribution in [2.24, 2.45) is 0 Å². The molecule has 28 heavy (non-hydrogen) atoms. The third kappa shape index (κ3) is 3.41. The summed E-state index contributed by atoms with van der Waals surface area (Å²) in [6.07, 6.45) is 3.18. The molecular weight excluding hydrogens is 354 g/mol. The molecule has 1 heterocycles. The Morgan fingerprint density at radius 2 is 1.75 bits per heavy atom. The lowest BCUT2D eigenvalue weighted by Gasteiger charge is -2.24. The molecule has 1 fully saturated rings. The largest absolute Gasteiger partial charge is 0.334 e. The Bertz CT molecular complexity index is 958. The lowest BCUT2D eigenvalue weighted by atomic mass is 9.90. The highest BCUT2D eigenvalue weighted by atomic mass is 16.2. The number of hydrogen-bond acceptors (Lipinski definition) is 3. The highest BCUT2D eigenvalue weighted by Crippen LogP contribution is 2.31. The van der Waals surface area contributed by atoms with Crippen LogP contribution in [-0.4, -0.2) is 47.3 Å². The molecule has 4 amide bonds. The van der Waals surface area contributed by atoms with Crippen molar-refractivity contribution in [2.75, 3.05) is 19.6 Å². The Morgan fingerprint density at radius 1 is 1.11 bits per heavy atom. The summed E-state index contributed by atoms with van der Waals surface area (Å²) in [4.78, 5) is 40.6. The van der Waals surface area contributed by atoms with Gasteiger partial charge in [-0.3, -0.25) is 14.5 Å². The number of urea groups is 1. The molecule has 0 aliphatic carbocycles. The van der Waals surface area contributed by atoms with E-state index in [1.165, 1.54) is 4.90 Å². The molecule has 6 nitrogen and oxygen atoms in total. The molecule has 3 rings (SSSR count). The Morgan fingerprint density at radius 3 is 2.39 bits per heavy atom. The number of hydrogen-bond donors (Lipinski definition) is 1. The molecule has 1 unspecified atom stereocenters. The van der Waals surface area contributed by atoms with Gasteiger partial charge in [-0.1, -0.05) is 48.6 Å². The molecule has 0 radical (unpaired) electrons. The predicted octanol–water partition coefficient (Wildman–Crippen LogP) is 2.81. The summed E-state index contributed by atoms with van der Waals surface area (Å²) in [6.45, 7) is 9.22. The predicted molar refractivity (Wildman–Crippen MR) is 109 cm³/mol. The first kappa shape index (κ1) is 19.4. The van der Waals surface area contributed by atoms with E-state index in [0.717, 1.165) is 15.7 Å². The summed E-state index contributed by atoms with van der Waals surface area (Å²) in [7, 11) is 0. The fourth-order valence-corrected chi connectivity index (χ4v) is 3.36. The summed E-state index contributed by atoms with van der Waals surface area (Å²) in [6, 6.07) is 12.8. The third-order valence-corrected chi connectivity index (χ3v) is 4.95. The first-order valence-electron chi connectivity index (χ1n) is 9.03. The van der Waals surface area contributed by atoms with E-state index in [4.69, 9.17) is 0 Å². The van der Waals surface area contributed by atoms with E-state index in [0.29, 0.717) is 18.7 Å². The van der Waals surface area contributed by atoms with Gasteiger partial charge >= 0.3 is 6.03 Å². The van der Waals surface area contributed by atoms with Gasteiger partial charge in [0.15, 0.2) is 0 Å². The summed E-state index contributed by atoms with van der Waals surface area (Å²) in [5.41, 5.74) is -0.545. The number of amides is 4. The minimum Gasteiger partial charge on any atom is -0.334 e. The van der Waals surface area contributed by atoms with Crippen molar-refractivity contribution in [3.05, 3.63) is 73.3 Å². The second-order valence-electron chi connectivity index (χ2n) is 6.88. The lowest BCUT2D eigenvalue weighted by molar-refractivity contribution is -0.138. The minimum absolute atomic E-state index is 0.316. The average Bonchev–Trinajstić information content (AvgIpc) is 2.91. The van der Waals surface area contributed by atoms with Crippen LogP contribution in [0.1, 0.15) is 12.5 Å². The van der Waals surface area contributed by atoms with Gasteiger partial charge in [0.2, 0.25) is 5.91 Å². The molecule has 144 valence electrons. The zero-order valence-corrected chi connectivity index (χ0v) is 15.9. The van der Waals surface area contributed by atoms with E-state index >= 15 is 0 Å². The fourth-order valence-electron chi connectivity index (χ4n) is 3.36. The van der Waals surface area contributed by atoms with Crippen LogP contribution in [0.5, 0.6) is 0 Å². The van der Waals surface area contributed by atoms with Crippen molar-refractivity contribution in [1.29, 1.82) is 0 Å². The first-order valence-corrected chi connectivity index (χ1v) is 9.03. The molecule has 1 aliphatic heterocycles. The summed E-state index contributed by atoms with van der Waals surface area (Å²) in [5.74, 6) is -0.788. The van der Waals surface area contributed by atoms with Gasteiger partial charge in [0.05, 0.1) is 0 Å². The number of benzene rings is 2. The topological polar surface area (TPSA) is 69.7 Å². The molecular formula is C22H23N3O3. The van der Waals surface area contributed by atoms with Gasteiger partial charge < -0.3 is 10.2 Å². The molecule has 1 N–H and O–H groups in total. The van der Waals surface area contributed by atoms with Crippen LogP contribution in [-0.2, 0) is 15.1 Å². The van der Waals surface area contributed by atoms with E-state index < -0.39 is 17.5 Å². The highest BCUT2D eigenvalue weighted by Gasteiger charge is 2.49. The Balaban J connectivity index is 1.86. The zero-order valence-electron chi connectivity index (χ0n) is 15.9. The smallest absolute Gasteiger partial charge is 0.325 e. The van der Waals surface area contributed by atoms with Crippen molar-refractivity contribution in [1.82, 2.24) is 15.1 Å². The Labute approximate surface area is 164 Å². The third-order valence-electron chi connectivity index (χ3n) is 4.95. The van der Waals surface area contributed by atoms with Crippen molar-refractivity contribution in [3.63, 3.8) is 0 Å². The van der Waals surface area contributed by atoms with Gasteiger partial charge in [-0.15, -0.1) is 13.2 Å². The van der Waals surface area contributed by atoms with Gasteiger partial charge in [0.25, 0.3) is 5.91 Å². The summed E-state index contributed by atoms with van der Waals surface area (Å²) in [5, 5.41) is 4.76. The maximum Gasteiger partial charge on any atom is 0.325 e. The Hall–Kier alpha value is -3.41. The first-order chi connectivity index (χ1) is 13.4. The van der Waals surface area contributed by atoms with E-state index in [9.17, 15) is 14.4 Å². The van der Waals surface area contributed by atoms with Crippen molar-refractivity contribution in [2.45, 2.75) is 12.5 Å². The molecule has 1 atom stereocenters. The molecule has 0 bridgehead atoms. The van der Waals surface area contributed by atoms with Crippen LogP contribution in [0.15, 0.2) is 67.8 Å². The molecule has 1 saturated heterocycles. The van der Waals surface area contributed by atoms with Gasteiger partial charge in [-0.05, 0) is 29.3 Å². The molecule has 0 aromatic heterocycles. The molecule has 2 aromatic rings.